The number of halogens is 9. The van der Waals surface area contributed by atoms with Crippen LogP contribution < -0.4 is 15.6 Å². The van der Waals surface area contributed by atoms with Gasteiger partial charge in [0.25, 0.3) is 5.95 Å². The minimum absolute atomic E-state index is 0.00318. The summed E-state index contributed by atoms with van der Waals surface area (Å²) in [5.74, 6) is 4.91. The Morgan fingerprint density at radius 2 is 1.64 bits per heavy atom. The molecule has 1 aliphatic rings. The van der Waals surface area contributed by atoms with E-state index in [1.165, 1.54) is 29.8 Å². The highest BCUT2D eigenvalue weighted by Gasteiger charge is 2.39. The molecule has 4 rings (SSSR count). The third kappa shape index (κ3) is 7.02. The lowest BCUT2D eigenvalue weighted by Crippen LogP contribution is -2.32. The fraction of sp³-hybridized carbons (Fsp3) is 0.440. The van der Waals surface area contributed by atoms with Crippen LogP contribution in [0.5, 0.6) is 0 Å². The number of hydrogen-bond acceptors (Lipinski definition) is 8. The molecular formula is C25H25F9N10. The van der Waals surface area contributed by atoms with Crippen molar-refractivity contribution in [3.8, 4) is 0 Å². The molecule has 0 aliphatic carbocycles. The summed E-state index contributed by atoms with van der Waals surface area (Å²) >= 11 is 0. The van der Waals surface area contributed by atoms with Crippen molar-refractivity contribution in [3.05, 3.63) is 63.7 Å². The van der Waals surface area contributed by atoms with E-state index in [2.05, 4.69) is 25.6 Å². The number of rotatable bonds is 6. The second kappa shape index (κ2) is 11.9. The third-order valence-corrected chi connectivity index (χ3v) is 7.03. The van der Waals surface area contributed by atoms with E-state index < -0.39 is 53.4 Å². The van der Waals surface area contributed by atoms with E-state index in [9.17, 15) is 39.5 Å². The number of aryl methyl sites for hydroxylation is 2. The van der Waals surface area contributed by atoms with Crippen molar-refractivity contribution in [1.29, 1.82) is 5.53 Å². The van der Waals surface area contributed by atoms with Gasteiger partial charge < -0.3 is 15.6 Å². The maximum atomic E-state index is 14.0. The summed E-state index contributed by atoms with van der Waals surface area (Å²) in [5, 5.41) is 18.3. The molecule has 0 fully saturated rings. The van der Waals surface area contributed by atoms with Gasteiger partial charge in [-0.25, -0.2) is 5.53 Å². The Balaban J connectivity index is 1.92. The number of nitrogens with one attached hydrogen (secondary N) is 1. The van der Waals surface area contributed by atoms with Crippen LogP contribution in [-0.4, -0.2) is 39.1 Å². The Hall–Kier alpha value is -4.45. The van der Waals surface area contributed by atoms with Crippen LogP contribution in [0.15, 0.2) is 40.5 Å². The summed E-state index contributed by atoms with van der Waals surface area (Å²) in [5.41, 5.74) is 2.98. The number of nitrogens with zero attached hydrogens (tertiary/aromatic N) is 8. The van der Waals surface area contributed by atoms with E-state index >= 15 is 0 Å². The number of hydrogen-bond donors (Lipinski definition) is 2. The van der Waals surface area contributed by atoms with Gasteiger partial charge in [-0.1, -0.05) is 11.2 Å². The van der Waals surface area contributed by atoms with Crippen molar-refractivity contribution >= 4 is 17.5 Å². The number of aromatic nitrogens is 4. The summed E-state index contributed by atoms with van der Waals surface area (Å²) < 4.78 is 124. The average molecular weight is 637 g/mol. The van der Waals surface area contributed by atoms with Crippen LogP contribution in [0.2, 0.25) is 0 Å². The lowest BCUT2D eigenvalue weighted by Gasteiger charge is -2.33. The number of alkyl halides is 9. The predicted molar refractivity (Wildman–Crippen MR) is 139 cm³/mol. The second-order valence-corrected chi connectivity index (χ2v) is 10.1. The number of tetrazole rings is 1. The van der Waals surface area contributed by atoms with Gasteiger partial charge in [0.1, 0.15) is 0 Å². The highest BCUT2D eigenvalue weighted by Crippen LogP contribution is 2.44. The first-order valence-corrected chi connectivity index (χ1v) is 12.8. The van der Waals surface area contributed by atoms with Crippen molar-refractivity contribution in [2.45, 2.75) is 50.9 Å². The minimum atomic E-state index is -5.10. The van der Waals surface area contributed by atoms with E-state index in [4.69, 9.17) is 11.4 Å². The molecule has 2 aromatic carbocycles. The summed E-state index contributed by atoms with van der Waals surface area (Å²) in [7, 11) is 1.39. The smallest absolute Gasteiger partial charge is 0.364 e. The molecule has 0 spiro atoms. The van der Waals surface area contributed by atoms with Crippen LogP contribution in [0.3, 0.4) is 0 Å². The number of nitrogens with two attached hydrogens (primary N) is 1. The van der Waals surface area contributed by atoms with Gasteiger partial charge in [-0.15, -0.1) is 10.2 Å². The fourth-order valence-electron chi connectivity index (χ4n) is 5.10. The third-order valence-electron chi connectivity index (χ3n) is 7.03. The van der Waals surface area contributed by atoms with Gasteiger partial charge >= 0.3 is 18.5 Å². The molecule has 19 heteroatoms. The highest BCUT2D eigenvalue weighted by atomic mass is 19.4. The van der Waals surface area contributed by atoms with E-state index in [1.54, 1.807) is 0 Å². The molecule has 3 N–H and O–H groups in total. The Bertz CT molecular complexity index is 1510. The number of benzene rings is 2. The van der Waals surface area contributed by atoms with Crippen molar-refractivity contribution in [1.82, 2.24) is 20.2 Å². The molecular weight excluding hydrogens is 611 g/mol. The highest BCUT2D eigenvalue weighted by molar-refractivity contribution is 5.87. The Morgan fingerprint density at radius 1 is 1.00 bits per heavy atom. The van der Waals surface area contributed by atoms with Crippen molar-refractivity contribution in [3.63, 3.8) is 0 Å². The van der Waals surface area contributed by atoms with E-state index in [0.717, 1.165) is 10.9 Å². The zero-order valence-electron chi connectivity index (χ0n) is 23.1. The Labute approximate surface area is 243 Å². The molecule has 1 atom stereocenters. The number of anilines is 2. The van der Waals surface area contributed by atoms with Crippen LogP contribution in [0.1, 0.15) is 52.3 Å². The molecule has 0 saturated carbocycles. The molecule has 2 heterocycles. The monoisotopic (exact) mass is 636 g/mol. The van der Waals surface area contributed by atoms with Gasteiger partial charge in [0.2, 0.25) is 0 Å². The Kier molecular flexibility index (Phi) is 8.79. The van der Waals surface area contributed by atoms with Gasteiger partial charge in [-0.2, -0.15) is 49.4 Å². The maximum absolute atomic E-state index is 14.0. The maximum Gasteiger partial charge on any atom is 0.416 e. The molecule has 1 aliphatic heterocycles. The quantitative estimate of drug-likeness (QED) is 0.0826. The van der Waals surface area contributed by atoms with E-state index in [-0.39, 0.29) is 60.6 Å². The molecule has 0 radical (unpaired) electrons. The molecule has 0 amide bonds. The van der Waals surface area contributed by atoms with Gasteiger partial charge in [-0.3, -0.25) is 0 Å². The molecule has 0 unspecified atom stereocenters. The van der Waals surface area contributed by atoms with Gasteiger partial charge in [0.15, 0.2) is 5.84 Å². The first kappa shape index (κ1) is 32.5. The van der Waals surface area contributed by atoms with Crippen LogP contribution in [-0.2, 0) is 32.1 Å². The number of hydrazone groups is 1. The van der Waals surface area contributed by atoms with Crippen LogP contribution in [0.4, 0.5) is 51.1 Å². The lowest BCUT2D eigenvalue weighted by molar-refractivity contribution is -0.143. The van der Waals surface area contributed by atoms with Gasteiger partial charge in [0.05, 0.1) is 36.3 Å². The van der Waals surface area contributed by atoms with E-state index in [1.807, 2.05) is 0 Å². The van der Waals surface area contributed by atoms with Crippen molar-refractivity contribution in [2.75, 3.05) is 22.9 Å². The number of fused-ring (bicyclic) bond motifs is 1. The molecule has 0 bridgehead atoms. The topological polar surface area (TPSA) is 125 Å². The second-order valence-electron chi connectivity index (χ2n) is 10.1. The van der Waals surface area contributed by atoms with Gasteiger partial charge in [0, 0.05) is 18.8 Å². The summed E-state index contributed by atoms with van der Waals surface area (Å²) in [4.78, 5) is 3.81. The van der Waals surface area contributed by atoms with Crippen molar-refractivity contribution in [2.24, 2.45) is 23.1 Å². The largest absolute Gasteiger partial charge is 0.416 e. The summed E-state index contributed by atoms with van der Waals surface area (Å²) in [6.07, 6.45) is -14.5. The Morgan fingerprint density at radius 3 is 2.14 bits per heavy atom. The standard InChI is InChI=1S/C25H25F9N10/c1-13-6-17-19(4-3-5-43(12-21(37-35)38-36)20(17)10-18(13)25(32,33)34)44(22-39-41-42(2)40-22)11-14-7-15(23(26,27)28)9-16(8-14)24(29,30)31/h6-10,19,35H,3-5,11-12,36H2,1-2H3/t19-/m0/s1. The first-order valence-electron chi connectivity index (χ1n) is 12.8. The summed E-state index contributed by atoms with van der Waals surface area (Å²) in [6.45, 7) is 0.531. The first-order chi connectivity index (χ1) is 20.4. The van der Waals surface area contributed by atoms with Gasteiger partial charge in [-0.05, 0) is 65.9 Å². The average Bonchev–Trinajstić information content (AvgIpc) is 3.28. The van der Waals surface area contributed by atoms with Crippen LogP contribution in [0, 0.1) is 12.5 Å². The SMILES string of the molecule is Cc1cc2c(cc1C(F)(F)F)N(CC(N=N)=NN)CCC[C@@H]2N(Cc1cc(C(F)(F)F)cc(C(F)(F)F)c1)c1nnn(C)n1. The van der Waals surface area contributed by atoms with Crippen LogP contribution >= 0.6 is 0 Å². The molecule has 1 aromatic heterocycles. The zero-order valence-corrected chi connectivity index (χ0v) is 23.1. The van der Waals surface area contributed by atoms with Crippen LogP contribution in [0.25, 0.3) is 0 Å². The number of amidine groups is 1. The molecule has 10 nitrogen and oxygen atoms in total. The fourth-order valence-corrected chi connectivity index (χ4v) is 5.10. The minimum Gasteiger partial charge on any atom is -0.364 e. The van der Waals surface area contributed by atoms with Crippen molar-refractivity contribution < 1.29 is 39.5 Å². The lowest BCUT2D eigenvalue weighted by atomic mass is 9.94. The normalized spacial score (nSPS) is 16.5. The molecule has 3 aromatic rings. The zero-order chi connectivity index (χ0) is 32.6. The molecule has 44 heavy (non-hydrogen) atoms. The van der Waals surface area contributed by atoms with E-state index in [0.29, 0.717) is 12.1 Å². The predicted octanol–water partition coefficient (Wildman–Crippen LogP) is 6.23. The summed E-state index contributed by atoms with van der Waals surface area (Å²) in [6, 6.07) is 2.36. The molecule has 238 valence electrons. The molecule has 0 saturated heterocycles.